The third-order valence-corrected chi connectivity index (χ3v) is 3.09. The molecule has 1 heterocycles. The van der Waals surface area contributed by atoms with Gasteiger partial charge >= 0.3 is 5.97 Å². The van der Waals surface area contributed by atoms with Gasteiger partial charge in [0.15, 0.2) is 6.10 Å². The second-order valence-corrected chi connectivity index (χ2v) is 4.73. The van der Waals surface area contributed by atoms with E-state index in [1.807, 2.05) is 0 Å². The van der Waals surface area contributed by atoms with Gasteiger partial charge in [0.2, 0.25) is 0 Å². The van der Waals surface area contributed by atoms with Gasteiger partial charge < -0.3 is 24.3 Å². The Bertz CT molecular complexity index is 680. The van der Waals surface area contributed by atoms with Crippen molar-refractivity contribution in [3.05, 3.63) is 47.9 Å². The maximum Gasteiger partial charge on any atom is 0.342 e. The SMILES string of the molecule is COc1ccc(C(=O)O[C@@H](C)C(=O)NCc2ccco2)c(O)c1. The number of ether oxygens (including phenoxy) is 2. The van der Waals surface area contributed by atoms with Crippen LogP contribution in [0.2, 0.25) is 0 Å². The summed E-state index contributed by atoms with van der Waals surface area (Å²) in [7, 11) is 1.44. The third-order valence-electron chi connectivity index (χ3n) is 3.09. The van der Waals surface area contributed by atoms with Crippen molar-refractivity contribution in [2.75, 3.05) is 7.11 Å². The van der Waals surface area contributed by atoms with Crippen molar-refractivity contribution in [3.63, 3.8) is 0 Å². The summed E-state index contributed by atoms with van der Waals surface area (Å²) in [6.07, 6.45) is 0.483. The van der Waals surface area contributed by atoms with Gasteiger partial charge in [-0.25, -0.2) is 4.79 Å². The van der Waals surface area contributed by atoms with Crippen molar-refractivity contribution in [1.82, 2.24) is 5.32 Å². The van der Waals surface area contributed by atoms with Gasteiger partial charge in [0, 0.05) is 6.07 Å². The highest BCUT2D eigenvalue weighted by atomic mass is 16.5. The summed E-state index contributed by atoms with van der Waals surface area (Å²) in [4.78, 5) is 23.9. The van der Waals surface area contributed by atoms with Crippen LogP contribution in [0.5, 0.6) is 11.5 Å². The molecule has 1 aromatic heterocycles. The van der Waals surface area contributed by atoms with E-state index in [-0.39, 0.29) is 17.9 Å². The molecule has 0 spiro atoms. The topological polar surface area (TPSA) is 98.0 Å². The minimum atomic E-state index is -1.01. The average Bonchev–Trinajstić information content (AvgIpc) is 3.05. The number of hydrogen-bond donors (Lipinski definition) is 2. The third kappa shape index (κ3) is 4.26. The van der Waals surface area contributed by atoms with Crippen LogP contribution in [-0.4, -0.2) is 30.2 Å². The highest BCUT2D eigenvalue weighted by Gasteiger charge is 2.21. The lowest BCUT2D eigenvalue weighted by atomic mass is 10.2. The number of nitrogens with one attached hydrogen (secondary N) is 1. The maximum atomic E-state index is 12.0. The number of esters is 1. The Kier molecular flexibility index (Phi) is 5.24. The van der Waals surface area contributed by atoms with Crippen LogP contribution >= 0.6 is 0 Å². The van der Waals surface area contributed by atoms with E-state index in [2.05, 4.69) is 5.32 Å². The van der Waals surface area contributed by atoms with Crippen LogP contribution in [0, 0.1) is 0 Å². The van der Waals surface area contributed by atoms with Crippen LogP contribution < -0.4 is 10.1 Å². The number of carbonyl (C=O) groups is 2. The Morgan fingerprint density at radius 1 is 1.35 bits per heavy atom. The van der Waals surface area contributed by atoms with E-state index in [0.717, 1.165) is 0 Å². The lowest BCUT2D eigenvalue weighted by Crippen LogP contribution is -2.35. The molecule has 23 heavy (non-hydrogen) atoms. The fourth-order valence-corrected chi connectivity index (χ4v) is 1.82. The van der Waals surface area contributed by atoms with Crippen molar-refractivity contribution >= 4 is 11.9 Å². The van der Waals surface area contributed by atoms with Gasteiger partial charge in [-0.15, -0.1) is 0 Å². The lowest BCUT2D eigenvalue weighted by molar-refractivity contribution is -0.129. The number of hydrogen-bond acceptors (Lipinski definition) is 6. The zero-order valence-electron chi connectivity index (χ0n) is 12.7. The zero-order valence-corrected chi connectivity index (χ0v) is 12.7. The first-order valence-corrected chi connectivity index (χ1v) is 6.89. The summed E-state index contributed by atoms with van der Waals surface area (Å²) < 4.78 is 15.1. The van der Waals surface area contributed by atoms with Crippen molar-refractivity contribution in [2.24, 2.45) is 0 Å². The van der Waals surface area contributed by atoms with Crippen molar-refractivity contribution < 1.29 is 28.6 Å². The molecule has 1 atom stereocenters. The van der Waals surface area contributed by atoms with Gasteiger partial charge in [0.25, 0.3) is 5.91 Å². The lowest BCUT2D eigenvalue weighted by Gasteiger charge is -2.13. The molecule has 2 rings (SSSR count). The highest BCUT2D eigenvalue weighted by molar-refractivity contribution is 5.94. The molecule has 2 N–H and O–H groups in total. The number of phenolic OH excluding ortho intramolecular Hbond substituents is 1. The Balaban J connectivity index is 1.92. The van der Waals surface area contributed by atoms with Crippen LogP contribution in [0.3, 0.4) is 0 Å². The molecule has 0 bridgehead atoms. The molecular formula is C16H17NO6. The molecular weight excluding hydrogens is 302 g/mol. The standard InChI is InChI=1S/C16H17NO6/c1-10(15(19)17-9-12-4-3-7-22-12)23-16(20)13-6-5-11(21-2)8-14(13)18/h3-8,10,18H,9H2,1-2H3,(H,17,19)/t10-/m0/s1. The largest absolute Gasteiger partial charge is 0.507 e. The summed E-state index contributed by atoms with van der Waals surface area (Å²) in [5.74, 6) is -0.556. The molecule has 7 heteroatoms. The monoisotopic (exact) mass is 319 g/mol. The predicted octanol–water partition coefficient (Wildman–Crippen LogP) is 1.86. The van der Waals surface area contributed by atoms with Gasteiger partial charge in [-0.2, -0.15) is 0 Å². The highest BCUT2D eigenvalue weighted by Crippen LogP contribution is 2.24. The van der Waals surface area contributed by atoms with E-state index in [0.29, 0.717) is 11.5 Å². The summed E-state index contributed by atoms with van der Waals surface area (Å²) in [5.41, 5.74) is -0.0449. The summed E-state index contributed by atoms with van der Waals surface area (Å²) in [5, 5.41) is 12.4. The van der Waals surface area contributed by atoms with E-state index in [4.69, 9.17) is 13.9 Å². The summed E-state index contributed by atoms with van der Waals surface area (Å²) >= 11 is 0. The quantitative estimate of drug-likeness (QED) is 0.789. The number of aromatic hydroxyl groups is 1. The van der Waals surface area contributed by atoms with E-state index >= 15 is 0 Å². The number of methoxy groups -OCH3 is 1. The van der Waals surface area contributed by atoms with Crippen LogP contribution in [0.15, 0.2) is 41.0 Å². The molecule has 0 aliphatic carbocycles. The molecule has 0 aliphatic rings. The van der Waals surface area contributed by atoms with Gasteiger partial charge in [-0.05, 0) is 31.2 Å². The molecule has 122 valence electrons. The van der Waals surface area contributed by atoms with Crippen LogP contribution in [0.1, 0.15) is 23.0 Å². The molecule has 0 radical (unpaired) electrons. The van der Waals surface area contributed by atoms with Gasteiger partial charge in [-0.1, -0.05) is 0 Å². The van der Waals surface area contributed by atoms with Crippen molar-refractivity contribution in [1.29, 1.82) is 0 Å². The molecule has 1 aromatic carbocycles. The minimum Gasteiger partial charge on any atom is -0.507 e. The molecule has 0 saturated carbocycles. The molecule has 0 fully saturated rings. The molecule has 1 amide bonds. The Morgan fingerprint density at radius 2 is 2.13 bits per heavy atom. The first-order valence-electron chi connectivity index (χ1n) is 6.89. The second kappa shape index (κ2) is 7.35. The smallest absolute Gasteiger partial charge is 0.342 e. The van der Waals surface area contributed by atoms with Gasteiger partial charge in [0.05, 0.1) is 19.9 Å². The van der Waals surface area contributed by atoms with Crippen molar-refractivity contribution in [3.8, 4) is 11.5 Å². The normalized spacial score (nSPS) is 11.6. The fraction of sp³-hybridized carbons (Fsp3) is 0.250. The van der Waals surface area contributed by atoms with Gasteiger partial charge in [-0.3, -0.25) is 4.79 Å². The van der Waals surface area contributed by atoms with E-state index in [1.165, 1.54) is 38.5 Å². The molecule has 0 aliphatic heterocycles. The molecule has 0 saturated heterocycles. The second-order valence-electron chi connectivity index (χ2n) is 4.73. The first kappa shape index (κ1) is 16.4. The number of phenols is 1. The minimum absolute atomic E-state index is 0.0449. The van der Waals surface area contributed by atoms with E-state index in [1.54, 1.807) is 12.1 Å². The molecule has 2 aromatic rings. The first-order chi connectivity index (χ1) is 11.0. The Morgan fingerprint density at radius 3 is 2.74 bits per heavy atom. The summed E-state index contributed by atoms with van der Waals surface area (Å²) in [6, 6.07) is 7.59. The number of amides is 1. The maximum absolute atomic E-state index is 12.0. The average molecular weight is 319 g/mol. The summed E-state index contributed by atoms with van der Waals surface area (Å²) in [6.45, 7) is 1.64. The predicted molar refractivity (Wildman–Crippen MR) is 80.1 cm³/mol. The number of benzene rings is 1. The zero-order chi connectivity index (χ0) is 16.8. The number of carbonyl (C=O) groups excluding carboxylic acids is 2. The van der Waals surface area contributed by atoms with E-state index in [9.17, 15) is 14.7 Å². The van der Waals surface area contributed by atoms with Crippen LogP contribution in [0.4, 0.5) is 0 Å². The fourth-order valence-electron chi connectivity index (χ4n) is 1.82. The van der Waals surface area contributed by atoms with Crippen LogP contribution in [0.25, 0.3) is 0 Å². The van der Waals surface area contributed by atoms with Crippen molar-refractivity contribution in [2.45, 2.75) is 19.6 Å². The van der Waals surface area contributed by atoms with E-state index < -0.39 is 18.0 Å². The number of furan rings is 1. The van der Waals surface area contributed by atoms with Crippen LogP contribution in [-0.2, 0) is 16.1 Å². The Labute approximate surface area is 132 Å². The Hall–Kier alpha value is -2.96. The molecule has 0 unspecified atom stereocenters. The van der Waals surface area contributed by atoms with Gasteiger partial charge in [0.1, 0.15) is 22.8 Å². The molecule has 7 nitrogen and oxygen atoms in total. The number of rotatable bonds is 6.